The van der Waals surface area contributed by atoms with Gasteiger partial charge in [-0.05, 0) is 24.3 Å². The second-order valence-corrected chi connectivity index (χ2v) is 5.99. The topological polar surface area (TPSA) is 140 Å². The van der Waals surface area contributed by atoms with Crippen molar-refractivity contribution in [3.05, 3.63) is 59.4 Å². The van der Waals surface area contributed by atoms with Crippen LogP contribution in [0.15, 0.2) is 45.4 Å². The van der Waals surface area contributed by atoms with E-state index in [1.807, 2.05) is 0 Å². The van der Waals surface area contributed by atoms with Crippen molar-refractivity contribution in [3.63, 3.8) is 0 Å². The van der Waals surface area contributed by atoms with E-state index < -0.39 is 23.5 Å². The van der Waals surface area contributed by atoms with Gasteiger partial charge in [-0.1, -0.05) is 37.3 Å². The van der Waals surface area contributed by atoms with Gasteiger partial charge in [0, 0.05) is 14.1 Å². The van der Waals surface area contributed by atoms with Gasteiger partial charge < -0.3 is 19.0 Å². The Bertz CT molecular complexity index is 1250. The number of halogens is 3. The summed E-state index contributed by atoms with van der Waals surface area (Å²) in [7, 11) is 6.06. The van der Waals surface area contributed by atoms with Gasteiger partial charge in [0.2, 0.25) is 11.2 Å². The fourth-order valence-electron chi connectivity index (χ4n) is 2.40. The Kier molecular flexibility index (Phi) is 15.4. The first-order chi connectivity index (χ1) is 15.8. The van der Waals surface area contributed by atoms with Crippen LogP contribution < -0.4 is 5.48 Å². The van der Waals surface area contributed by atoms with Crippen LogP contribution in [-0.4, -0.2) is 60.7 Å². The number of carbonyl (C=O) groups excluding carboxylic acids is 1. The molecule has 0 fully saturated rings. The summed E-state index contributed by atoms with van der Waals surface area (Å²) in [5, 5.41) is 16.9. The minimum Gasteiger partial charge on any atom is -0.476 e. The number of rotatable bonds is 4. The number of para-hydroxylation sites is 2. The van der Waals surface area contributed by atoms with Gasteiger partial charge in [-0.25, -0.2) is 24.1 Å². The first kappa shape index (κ1) is 34.5. The molecule has 36 heavy (non-hydrogen) atoms. The molecule has 2 heterocycles. The van der Waals surface area contributed by atoms with Crippen molar-refractivity contribution in [2.75, 3.05) is 28.3 Å². The zero-order chi connectivity index (χ0) is 24.5. The van der Waals surface area contributed by atoms with Gasteiger partial charge >= 0.3 is 5.97 Å². The van der Waals surface area contributed by atoms with E-state index in [1.54, 1.807) is 20.2 Å². The van der Waals surface area contributed by atoms with Crippen LogP contribution in [0.4, 0.5) is 8.78 Å². The number of aromatic nitrogens is 2. The molecule has 0 spiro atoms. The average Bonchev–Trinajstić information content (AvgIpc) is 3.45. The summed E-state index contributed by atoms with van der Waals surface area (Å²) in [6.45, 7) is 0. The zero-order valence-corrected chi connectivity index (χ0v) is 19.2. The fraction of sp³-hybridized carbons (Fsp3) is 0.273. The van der Waals surface area contributed by atoms with Crippen molar-refractivity contribution in [2.24, 2.45) is 0 Å². The van der Waals surface area contributed by atoms with E-state index in [1.165, 1.54) is 44.5 Å². The molecule has 0 aliphatic heterocycles. The van der Waals surface area contributed by atoms with E-state index in [-0.39, 0.29) is 55.2 Å². The van der Waals surface area contributed by atoms with E-state index in [0.717, 1.165) is 5.06 Å². The molecule has 0 saturated heterocycles. The Labute approximate surface area is 212 Å². The molecule has 200 valence electrons. The molecule has 1 amide bonds. The Hall–Kier alpha value is -3.65. The molecule has 0 bridgehead atoms. The number of carboxylic acids is 1. The van der Waals surface area contributed by atoms with Crippen LogP contribution in [0.25, 0.3) is 21.9 Å². The molecule has 0 atom stereocenters. The number of amides is 1. The third-order valence-electron chi connectivity index (χ3n) is 4.07. The summed E-state index contributed by atoms with van der Waals surface area (Å²) in [5.74, 6) is -2.89. The molecule has 2 aromatic carbocycles. The highest BCUT2D eigenvalue weighted by Crippen LogP contribution is 2.22. The number of benzene rings is 2. The normalized spacial score (nSPS) is 9.39. The van der Waals surface area contributed by atoms with Crippen molar-refractivity contribution < 1.29 is 42.2 Å². The lowest BCUT2D eigenvalue weighted by Gasteiger charge is -2.10. The van der Waals surface area contributed by atoms with Gasteiger partial charge in [-0.3, -0.25) is 9.63 Å². The Morgan fingerprint density at radius 1 is 0.944 bits per heavy atom. The fourth-order valence-corrected chi connectivity index (χ4v) is 2.40. The van der Waals surface area contributed by atoms with Crippen LogP contribution in [0.3, 0.4) is 0 Å². The van der Waals surface area contributed by atoms with Crippen LogP contribution in [0.5, 0.6) is 0 Å². The molecule has 0 unspecified atom stereocenters. The Morgan fingerprint density at radius 2 is 1.36 bits per heavy atom. The third-order valence-corrected chi connectivity index (χ3v) is 4.07. The zero-order valence-electron chi connectivity index (χ0n) is 18.4. The number of hydrogen-bond acceptors (Lipinski definition) is 9. The molecule has 0 radical (unpaired) electrons. The van der Waals surface area contributed by atoms with Crippen molar-refractivity contribution in [1.82, 2.24) is 20.9 Å². The highest BCUT2D eigenvalue weighted by atomic mass is 35.5. The van der Waals surface area contributed by atoms with Crippen molar-refractivity contribution in [1.29, 1.82) is 0 Å². The molecule has 0 aliphatic carbocycles. The summed E-state index contributed by atoms with van der Waals surface area (Å²) in [4.78, 5) is 31.3. The smallest absolute Gasteiger partial charge is 0.358 e. The Morgan fingerprint density at radius 3 is 1.75 bits per heavy atom. The lowest BCUT2D eigenvalue weighted by atomic mass is 10.2. The van der Waals surface area contributed by atoms with Crippen LogP contribution in [0, 0.1) is 11.6 Å². The highest BCUT2D eigenvalue weighted by Gasteiger charge is 2.21. The van der Waals surface area contributed by atoms with E-state index in [2.05, 4.69) is 25.2 Å². The minimum absolute atomic E-state index is 0. The van der Waals surface area contributed by atoms with E-state index in [4.69, 9.17) is 14.5 Å². The van der Waals surface area contributed by atoms with Gasteiger partial charge in [0.25, 0.3) is 5.91 Å². The number of fused-ring (bicyclic) bond motifs is 2. The molecule has 2 aromatic heterocycles. The molecular formula is C22H29ClF2N4O7. The van der Waals surface area contributed by atoms with Gasteiger partial charge in [-0.15, -0.1) is 12.4 Å². The number of aromatic carboxylic acids is 1. The maximum absolute atomic E-state index is 13.3. The average molecular weight is 535 g/mol. The second-order valence-electron chi connectivity index (χ2n) is 5.99. The summed E-state index contributed by atoms with van der Waals surface area (Å²) in [6.07, 6.45) is 0. The number of hydrogen-bond donors (Lipinski definition) is 2. The van der Waals surface area contributed by atoms with Crippen molar-refractivity contribution in [3.8, 4) is 0 Å². The Balaban J connectivity index is 0. The van der Waals surface area contributed by atoms with Crippen LogP contribution >= 0.6 is 12.4 Å². The van der Waals surface area contributed by atoms with Gasteiger partial charge in [0.1, 0.15) is 0 Å². The van der Waals surface area contributed by atoms with Gasteiger partial charge in [-0.2, -0.15) is 0 Å². The van der Waals surface area contributed by atoms with E-state index >= 15 is 0 Å². The first-order valence-electron chi connectivity index (χ1n) is 9.09. The van der Waals surface area contributed by atoms with Crippen molar-refractivity contribution >= 4 is 46.2 Å². The standard InChI is InChI=1S/C10H9FN2O3.C8H4FNO3.C2H7NO.2CH4.ClH/c1-13(15-2)10(14)8-6-4-3-5-7(11)9(6)16-12-8;9-5-3-1-2-4-6(8(11)12)10-13-7(4)5;1-3-4-2;;;/h3-5H,1-2H3;1-3H,(H,11,12);3H,1-2H3;2*1H4;1H. The lowest BCUT2D eigenvalue weighted by molar-refractivity contribution is -0.0761. The van der Waals surface area contributed by atoms with Crippen LogP contribution in [0.1, 0.15) is 35.8 Å². The van der Waals surface area contributed by atoms with Crippen molar-refractivity contribution in [2.45, 2.75) is 14.9 Å². The molecule has 2 N–H and O–H groups in total. The monoisotopic (exact) mass is 534 g/mol. The molecular weight excluding hydrogens is 506 g/mol. The third kappa shape index (κ3) is 7.95. The maximum Gasteiger partial charge on any atom is 0.358 e. The van der Waals surface area contributed by atoms with Crippen LogP contribution in [0.2, 0.25) is 0 Å². The first-order valence-corrected chi connectivity index (χ1v) is 9.09. The molecule has 0 aliphatic rings. The predicted molar refractivity (Wildman–Crippen MR) is 131 cm³/mol. The summed E-state index contributed by atoms with van der Waals surface area (Å²) in [6, 6.07) is 8.31. The summed E-state index contributed by atoms with van der Waals surface area (Å²) < 4.78 is 35.5. The summed E-state index contributed by atoms with van der Waals surface area (Å²) >= 11 is 0. The van der Waals surface area contributed by atoms with E-state index in [0.29, 0.717) is 5.39 Å². The number of nitrogens with one attached hydrogen (secondary N) is 1. The minimum atomic E-state index is -1.23. The lowest BCUT2D eigenvalue weighted by Crippen LogP contribution is -2.25. The highest BCUT2D eigenvalue weighted by molar-refractivity contribution is 6.03. The molecule has 4 rings (SSSR count). The number of hydroxylamine groups is 3. The molecule has 11 nitrogen and oxygen atoms in total. The number of nitrogens with zero attached hydrogens (tertiary/aromatic N) is 3. The van der Waals surface area contributed by atoms with Crippen LogP contribution in [-0.2, 0) is 9.68 Å². The van der Waals surface area contributed by atoms with E-state index in [9.17, 15) is 18.4 Å². The molecule has 4 aromatic rings. The summed E-state index contributed by atoms with van der Waals surface area (Å²) in [5.41, 5.74) is 2.03. The number of carboxylic acid groups (broad SMARTS) is 1. The second kappa shape index (κ2) is 16.1. The quantitative estimate of drug-likeness (QED) is 0.353. The van der Waals surface area contributed by atoms with Gasteiger partial charge in [0.05, 0.1) is 25.0 Å². The number of carbonyl (C=O) groups is 2. The van der Waals surface area contributed by atoms with Gasteiger partial charge in [0.15, 0.2) is 23.0 Å². The SMILES string of the molecule is C.C.CNOC.CON(C)C(=O)c1noc2c(F)cccc12.Cl.O=C(O)c1noc2c(F)cccc12. The molecule has 0 saturated carbocycles. The largest absolute Gasteiger partial charge is 0.476 e. The predicted octanol–water partition coefficient (Wildman–Crippen LogP) is 4.73. The molecule has 14 heteroatoms. The maximum atomic E-state index is 13.3.